The number of likely N-dealkylation sites (N-methyl/N-ethyl adjacent to an activating group) is 1. The maximum Gasteiger partial charge on any atom is 0.230 e. The first-order valence-electron chi connectivity index (χ1n) is 7.40. The third kappa shape index (κ3) is 2.27. The topological polar surface area (TPSA) is 32.3 Å². The minimum atomic E-state index is 0.117. The number of fused-ring (bicyclic) bond motifs is 1. The fraction of sp³-hybridized carbons (Fsp3) is 0.562. The third-order valence-electron chi connectivity index (χ3n) is 4.53. The molecule has 2 aliphatic rings. The number of amides is 1. The van der Waals surface area contributed by atoms with Crippen LogP contribution in [-0.2, 0) is 11.2 Å². The highest BCUT2D eigenvalue weighted by Gasteiger charge is 2.36. The molecule has 1 atom stereocenters. The summed E-state index contributed by atoms with van der Waals surface area (Å²) in [6, 6.07) is 8.78. The standard InChI is InChI=1S/C16H22N2O/c1-2-18(13-7-9-17-10-8-13)16(19)15-11-12-5-3-4-6-14(12)15/h3-6,13,15,17H,2,7-11H2,1H3. The highest BCUT2D eigenvalue weighted by Crippen LogP contribution is 2.36. The predicted molar refractivity (Wildman–Crippen MR) is 76.2 cm³/mol. The third-order valence-corrected chi connectivity index (χ3v) is 4.53. The maximum absolute atomic E-state index is 12.7. The number of nitrogens with zero attached hydrogens (tertiary/aromatic N) is 1. The van der Waals surface area contributed by atoms with E-state index >= 15 is 0 Å². The maximum atomic E-state index is 12.7. The van der Waals surface area contributed by atoms with Crippen molar-refractivity contribution in [3.63, 3.8) is 0 Å². The second kappa shape index (κ2) is 5.33. The molecule has 1 fully saturated rings. The molecule has 1 aromatic rings. The van der Waals surface area contributed by atoms with Gasteiger partial charge in [-0.2, -0.15) is 0 Å². The van der Waals surface area contributed by atoms with Gasteiger partial charge in [0.05, 0.1) is 5.92 Å². The fourth-order valence-electron chi connectivity index (χ4n) is 3.39. The first-order valence-corrected chi connectivity index (χ1v) is 7.40. The van der Waals surface area contributed by atoms with Gasteiger partial charge in [-0.3, -0.25) is 4.79 Å². The summed E-state index contributed by atoms with van der Waals surface area (Å²) in [6.07, 6.45) is 3.11. The molecule has 102 valence electrons. The number of carbonyl (C=O) groups excluding carboxylic acids is 1. The number of benzene rings is 1. The van der Waals surface area contributed by atoms with Gasteiger partial charge in [0.2, 0.25) is 5.91 Å². The molecule has 0 bridgehead atoms. The second-order valence-electron chi connectivity index (χ2n) is 5.56. The van der Waals surface area contributed by atoms with Gasteiger partial charge in [0.1, 0.15) is 0 Å². The Morgan fingerprint density at radius 3 is 2.74 bits per heavy atom. The van der Waals surface area contributed by atoms with E-state index in [1.165, 1.54) is 11.1 Å². The zero-order valence-corrected chi connectivity index (χ0v) is 11.6. The Morgan fingerprint density at radius 1 is 1.32 bits per heavy atom. The molecule has 19 heavy (non-hydrogen) atoms. The van der Waals surface area contributed by atoms with Crippen LogP contribution in [0.15, 0.2) is 24.3 Å². The molecule has 1 aliphatic carbocycles. The first-order chi connectivity index (χ1) is 9.31. The lowest BCUT2D eigenvalue weighted by atomic mass is 9.76. The van der Waals surface area contributed by atoms with Crippen molar-refractivity contribution in [2.45, 2.75) is 38.1 Å². The van der Waals surface area contributed by atoms with Gasteiger partial charge in [-0.05, 0) is 50.4 Å². The van der Waals surface area contributed by atoms with E-state index in [2.05, 4.69) is 35.3 Å². The lowest BCUT2D eigenvalue weighted by molar-refractivity contribution is -0.136. The number of carbonyl (C=O) groups is 1. The van der Waals surface area contributed by atoms with E-state index < -0.39 is 0 Å². The molecule has 0 spiro atoms. The number of nitrogens with one attached hydrogen (secondary N) is 1. The molecule has 0 radical (unpaired) electrons. The van der Waals surface area contributed by atoms with Crippen molar-refractivity contribution in [1.82, 2.24) is 10.2 Å². The van der Waals surface area contributed by atoms with E-state index in [1.54, 1.807) is 0 Å². The molecular weight excluding hydrogens is 236 g/mol. The van der Waals surface area contributed by atoms with E-state index in [4.69, 9.17) is 0 Å². The van der Waals surface area contributed by atoms with Gasteiger partial charge in [-0.1, -0.05) is 24.3 Å². The number of piperidine rings is 1. The molecule has 1 amide bonds. The van der Waals surface area contributed by atoms with Crippen LogP contribution in [0.25, 0.3) is 0 Å². The molecule has 1 aromatic carbocycles. The molecule has 1 unspecified atom stereocenters. The van der Waals surface area contributed by atoms with Crippen molar-refractivity contribution in [3.8, 4) is 0 Å². The smallest absolute Gasteiger partial charge is 0.230 e. The van der Waals surface area contributed by atoms with Crippen molar-refractivity contribution >= 4 is 5.91 Å². The predicted octanol–water partition coefficient (Wildman–Crippen LogP) is 1.93. The van der Waals surface area contributed by atoms with Crippen molar-refractivity contribution in [3.05, 3.63) is 35.4 Å². The minimum absolute atomic E-state index is 0.117. The molecule has 1 N–H and O–H groups in total. The van der Waals surface area contributed by atoms with E-state index in [-0.39, 0.29) is 5.92 Å². The summed E-state index contributed by atoms with van der Waals surface area (Å²) >= 11 is 0. The molecule has 3 nitrogen and oxygen atoms in total. The molecule has 0 saturated carbocycles. The number of hydrogen-bond donors (Lipinski definition) is 1. The zero-order valence-electron chi connectivity index (χ0n) is 11.6. The fourth-order valence-corrected chi connectivity index (χ4v) is 3.39. The van der Waals surface area contributed by atoms with E-state index in [9.17, 15) is 4.79 Å². The van der Waals surface area contributed by atoms with Gasteiger partial charge in [0.25, 0.3) is 0 Å². The molecule has 1 heterocycles. The molecule has 0 aromatic heterocycles. The molecule has 1 saturated heterocycles. The summed E-state index contributed by atoms with van der Waals surface area (Å²) < 4.78 is 0. The molecule has 3 rings (SSSR count). The van der Waals surface area contributed by atoms with E-state index in [1.807, 2.05) is 6.07 Å². The SMILES string of the molecule is CCN(C(=O)C1Cc2ccccc21)C1CCNCC1. The van der Waals surface area contributed by atoms with Crippen LogP contribution < -0.4 is 5.32 Å². The summed E-state index contributed by atoms with van der Waals surface area (Å²) in [7, 11) is 0. The average Bonchev–Trinajstić information content (AvgIpc) is 2.42. The zero-order chi connectivity index (χ0) is 13.2. The lowest BCUT2D eigenvalue weighted by Crippen LogP contribution is -2.49. The van der Waals surface area contributed by atoms with Gasteiger partial charge >= 0.3 is 0 Å². The van der Waals surface area contributed by atoms with Crippen molar-refractivity contribution in [2.75, 3.05) is 19.6 Å². The van der Waals surface area contributed by atoms with Gasteiger partial charge in [-0.15, -0.1) is 0 Å². The monoisotopic (exact) mass is 258 g/mol. The summed E-state index contributed by atoms with van der Waals surface area (Å²) in [5.41, 5.74) is 2.60. The molecule has 1 aliphatic heterocycles. The van der Waals surface area contributed by atoms with Crippen LogP contribution in [0.2, 0.25) is 0 Å². The van der Waals surface area contributed by atoms with Gasteiger partial charge in [-0.25, -0.2) is 0 Å². The highest BCUT2D eigenvalue weighted by molar-refractivity contribution is 5.87. The summed E-state index contributed by atoms with van der Waals surface area (Å²) in [5.74, 6) is 0.458. The van der Waals surface area contributed by atoms with Crippen LogP contribution >= 0.6 is 0 Å². The van der Waals surface area contributed by atoms with Crippen molar-refractivity contribution < 1.29 is 4.79 Å². The van der Waals surface area contributed by atoms with Crippen molar-refractivity contribution in [1.29, 1.82) is 0 Å². The Kier molecular flexibility index (Phi) is 3.56. The van der Waals surface area contributed by atoms with Crippen LogP contribution in [0.5, 0.6) is 0 Å². The number of rotatable bonds is 3. The quantitative estimate of drug-likeness (QED) is 0.898. The average molecular weight is 258 g/mol. The normalized spacial score (nSPS) is 22.5. The lowest BCUT2D eigenvalue weighted by Gasteiger charge is -2.39. The number of hydrogen-bond acceptors (Lipinski definition) is 2. The van der Waals surface area contributed by atoms with Gasteiger partial charge < -0.3 is 10.2 Å². The van der Waals surface area contributed by atoms with Crippen LogP contribution in [0.4, 0.5) is 0 Å². The summed E-state index contributed by atoms with van der Waals surface area (Å²) in [6.45, 7) is 5.01. The minimum Gasteiger partial charge on any atom is -0.339 e. The van der Waals surface area contributed by atoms with Crippen LogP contribution in [0.1, 0.15) is 36.8 Å². The van der Waals surface area contributed by atoms with E-state index in [0.29, 0.717) is 11.9 Å². The van der Waals surface area contributed by atoms with E-state index in [0.717, 1.165) is 38.9 Å². The molecule has 3 heteroatoms. The Labute approximate surface area is 115 Å². The summed E-state index contributed by atoms with van der Waals surface area (Å²) in [4.78, 5) is 14.8. The van der Waals surface area contributed by atoms with Gasteiger partial charge in [0, 0.05) is 12.6 Å². The Balaban J connectivity index is 1.72. The molecular formula is C16H22N2O. The van der Waals surface area contributed by atoms with Crippen LogP contribution in [0, 0.1) is 0 Å². The Morgan fingerprint density at radius 2 is 2.05 bits per heavy atom. The highest BCUT2D eigenvalue weighted by atomic mass is 16.2. The second-order valence-corrected chi connectivity index (χ2v) is 5.56. The summed E-state index contributed by atoms with van der Waals surface area (Å²) in [5, 5.41) is 3.37. The van der Waals surface area contributed by atoms with Crippen LogP contribution in [-0.4, -0.2) is 36.5 Å². The first kappa shape index (κ1) is 12.7. The van der Waals surface area contributed by atoms with Crippen LogP contribution in [0.3, 0.4) is 0 Å². The largest absolute Gasteiger partial charge is 0.339 e. The van der Waals surface area contributed by atoms with Crippen molar-refractivity contribution in [2.24, 2.45) is 0 Å². The van der Waals surface area contributed by atoms with Gasteiger partial charge in [0.15, 0.2) is 0 Å². The Bertz CT molecular complexity index is 466. The Hall–Kier alpha value is -1.35.